The quantitative estimate of drug-likeness (QED) is 0.658. The number of benzene rings is 1. The van der Waals surface area contributed by atoms with Crippen LogP contribution >= 0.6 is 11.3 Å². The van der Waals surface area contributed by atoms with Gasteiger partial charge >= 0.3 is 0 Å². The van der Waals surface area contributed by atoms with Gasteiger partial charge in [0, 0.05) is 5.56 Å². The van der Waals surface area contributed by atoms with Gasteiger partial charge in [-0.2, -0.15) is 0 Å². The summed E-state index contributed by atoms with van der Waals surface area (Å²) in [5, 5.41) is 10.8. The van der Waals surface area contributed by atoms with Gasteiger partial charge in [-0.05, 0) is 29.5 Å². The molecule has 0 amide bonds. The van der Waals surface area contributed by atoms with Crippen molar-refractivity contribution in [2.75, 3.05) is 6.61 Å². The molecule has 0 unspecified atom stereocenters. The average Bonchev–Trinajstić information content (AvgIpc) is 2.91. The number of rotatable bonds is 3. The zero-order chi connectivity index (χ0) is 12.6. The van der Waals surface area contributed by atoms with Crippen LogP contribution in [0.3, 0.4) is 0 Å². The highest BCUT2D eigenvalue weighted by molar-refractivity contribution is 7.10. The molecule has 0 fully saturated rings. The maximum Gasteiger partial charge on any atom is 0.0772 e. The third-order valence-electron chi connectivity index (χ3n) is 2.47. The molecular formula is C16H14OS. The van der Waals surface area contributed by atoms with Gasteiger partial charge in [0.2, 0.25) is 0 Å². The van der Waals surface area contributed by atoms with Crippen LogP contribution in [0.15, 0.2) is 53.9 Å². The van der Waals surface area contributed by atoms with Crippen LogP contribution in [0.5, 0.6) is 0 Å². The van der Waals surface area contributed by atoms with E-state index in [1.54, 1.807) is 17.4 Å². The fourth-order valence-corrected chi connectivity index (χ4v) is 2.15. The molecule has 1 aromatic heterocycles. The van der Waals surface area contributed by atoms with Crippen LogP contribution in [0.2, 0.25) is 0 Å². The van der Waals surface area contributed by atoms with Crippen LogP contribution in [-0.2, 0) is 6.42 Å². The summed E-state index contributed by atoms with van der Waals surface area (Å²) in [6, 6.07) is 12.1. The Hall–Kier alpha value is -1.82. The first-order chi connectivity index (χ1) is 8.90. The maximum atomic E-state index is 8.73. The highest BCUT2D eigenvalue weighted by atomic mass is 32.1. The number of aliphatic hydroxyl groups excluding tert-OH is 1. The zero-order valence-electron chi connectivity index (χ0n) is 9.97. The Morgan fingerprint density at radius 2 is 1.94 bits per heavy atom. The van der Waals surface area contributed by atoms with Gasteiger partial charge in [-0.3, -0.25) is 0 Å². The van der Waals surface area contributed by atoms with Gasteiger partial charge < -0.3 is 5.11 Å². The second-order valence-corrected chi connectivity index (χ2v) is 4.69. The molecule has 0 aliphatic carbocycles. The first kappa shape index (κ1) is 12.6. The van der Waals surface area contributed by atoms with E-state index in [0.29, 0.717) is 0 Å². The molecular weight excluding hydrogens is 240 g/mol. The molecule has 1 N–H and O–H groups in total. The Morgan fingerprint density at radius 3 is 2.72 bits per heavy atom. The molecule has 2 aromatic rings. The van der Waals surface area contributed by atoms with E-state index in [9.17, 15) is 0 Å². The lowest BCUT2D eigenvalue weighted by Crippen LogP contribution is -1.87. The topological polar surface area (TPSA) is 20.2 Å². The van der Waals surface area contributed by atoms with E-state index in [1.807, 2.05) is 41.8 Å². The summed E-state index contributed by atoms with van der Waals surface area (Å²) in [5.74, 6) is 6.37. The van der Waals surface area contributed by atoms with Crippen LogP contribution in [0, 0.1) is 11.8 Å². The first-order valence-corrected chi connectivity index (χ1v) is 6.67. The van der Waals surface area contributed by atoms with Crippen LogP contribution in [0.25, 0.3) is 0 Å². The minimum atomic E-state index is 0.0864. The SMILES string of the molecule is OC/C=C/Cc1ccccc1C#Cc1cccs1. The normalized spacial score (nSPS) is 10.3. The molecule has 2 rings (SSSR count). The second-order valence-electron chi connectivity index (χ2n) is 3.74. The lowest BCUT2D eigenvalue weighted by Gasteiger charge is -2.00. The molecule has 0 radical (unpaired) electrons. The van der Waals surface area contributed by atoms with Crippen molar-refractivity contribution in [3.8, 4) is 11.8 Å². The largest absolute Gasteiger partial charge is 0.392 e. The highest BCUT2D eigenvalue weighted by Crippen LogP contribution is 2.10. The van der Waals surface area contributed by atoms with Gasteiger partial charge in [-0.15, -0.1) is 11.3 Å². The van der Waals surface area contributed by atoms with E-state index in [2.05, 4.69) is 17.9 Å². The molecule has 18 heavy (non-hydrogen) atoms. The molecule has 0 aliphatic rings. The van der Waals surface area contributed by atoms with E-state index in [0.717, 1.165) is 16.9 Å². The Labute approximate surface area is 111 Å². The summed E-state index contributed by atoms with van der Waals surface area (Å²) in [4.78, 5) is 1.08. The number of thiophene rings is 1. The highest BCUT2D eigenvalue weighted by Gasteiger charge is 1.96. The van der Waals surface area contributed by atoms with Gasteiger partial charge in [-0.1, -0.05) is 48.3 Å². The molecule has 1 aromatic carbocycles. The number of hydrogen-bond acceptors (Lipinski definition) is 2. The third kappa shape index (κ3) is 3.59. The standard InChI is InChI=1S/C16H14OS/c17-12-4-3-8-14-6-1-2-7-15(14)10-11-16-9-5-13-18-16/h1-7,9,13,17H,8,12H2/b4-3+. The lowest BCUT2D eigenvalue weighted by atomic mass is 10.0. The maximum absolute atomic E-state index is 8.73. The number of aliphatic hydroxyl groups is 1. The van der Waals surface area contributed by atoms with Crippen molar-refractivity contribution < 1.29 is 5.11 Å². The molecule has 1 heterocycles. The summed E-state index contributed by atoms with van der Waals surface area (Å²) in [5.41, 5.74) is 2.24. The van der Waals surface area contributed by atoms with Crippen molar-refractivity contribution in [2.24, 2.45) is 0 Å². The molecule has 0 bridgehead atoms. The van der Waals surface area contributed by atoms with E-state index < -0.39 is 0 Å². The van der Waals surface area contributed by atoms with Crippen LogP contribution in [-0.4, -0.2) is 11.7 Å². The first-order valence-electron chi connectivity index (χ1n) is 5.79. The summed E-state index contributed by atoms with van der Waals surface area (Å²) in [6.45, 7) is 0.0864. The van der Waals surface area contributed by atoms with Crippen molar-refractivity contribution in [1.82, 2.24) is 0 Å². The summed E-state index contributed by atoms with van der Waals surface area (Å²) in [7, 11) is 0. The zero-order valence-corrected chi connectivity index (χ0v) is 10.8. The van der Waals surface area contributed by atoms with Gasteiger partial charge in [0.1, 0.15) is 0 Å². The van der Waals surface area contributed by atoms with E-state index >= 15 is 0 Å². The Bertz CT molecular complexity index is 571. The minimum absolute atomic E-state index is 0.0864. The molecule has 2 heteroatoms. The minimum Gasteiger partial charge on any atom is -0.392 e. The van der Waals surface area contributed by atoms with Gasteiger partial charge in [0.05, 0.1) is 11.5 Å². The van der Waals surface area contributed by atoms with E-state index in [-0.39, 0.29) is 6.61 Å². The Balaban J connectivity index is 2.19. The number of hydrogen-bond donors (Lipinski definition) is 1. The smallest absolute Gasteiger partial charge is 0.0772 e. The van der Waals surface area contributed by atoms with Gasteiger partial charge in [0.25, 0.3) is 0 Å². The van der Waals surface area contributed by atoms with E-state index in [4.69, 9.17) is 5.11 Å². The predicted octanol–water partition coefficient (Wildman–Crippen LogP) is 3.24. The number of allylic oxidation sites excluding steroid dienone is 1. The van der Waals surface area contributed by atoms with Crippen molar-refractivity contribution in [1.29, 1.82) is 0 Å². The summed E-state index contributed by atoms with van der Waals surface area (Å²) in [6.07, 6.45) is 4.52. The van der Waals surface area contributed by atoms with Crippen LogP contribution in [0.4, 0.5) is 0 Å². The molecule has 90 valence electrons. The second kappa shape index (κ2) is 6.80. The average molecular weight is 254 g/mol. The van der Waals surface area contributed by atoms with Crippen molar-refractivity contribution in [3.63, 3.8) is 0 Å². The fraction of sp³-hybridized carbons (Fsp3) is 0.125. The van der Waals surface area contributed by atoms with Crippen molar-refractivity contribution in [3.05, 3.63) is 69.9 Å². The van der Waals surface area contributed by atoms with E-state index in [1.165, 1.54) is 5.56 Å². The molecule has 0 saturated heterocycles. The lowest BCUT2D eigenvalue weighted by molar-refractivity contribution is 0.342. The molecule has 0 spiro atoms. The van der Waals surface area contributed by atoms with Crippen molar-refractivity contribution >= 4 is 11.3 Å². The summed E-state index contributed by atoms with van der Waals surface area (Å²) < 4.78 is 0. The third-order valence-corrected chi connectivity index (χ3v) is 3.25. The van der Waals surface area contributed by atoms with Gasteiger partial charge in [0.15, 0.2) is 0 Å². The summed E-state index contributed by atoms with van der Waals surface area (Å²) >= 11 is 1.65. The van der Waals surface area contributed by atoms with Crippen LogP contribution in [0.1, 0.15) is 16.0 Å². The van der Waals surface area contributed by atoms with Gasteiger partial charge in [-0.25, -0.2) is 0 Å². The molecule has 0 atom stereocenters. The van der Waals surface area contributed by atoms with Crippen molar-refractivity contribution in [2.45, 2.75) is 6.42 Å². The molecule has 0 saturated carbocycles. The molecule has 1 nitrogen and oxygen atoms in total. The fourth-order valence-electron chi connectivity index (χ4n) is 1.58. The Morgan fingerprint density at radius 1 is 1.06 bits per heavy atom. The van der Waals surface area contributed by atoms with Crippen LogP contribution < -0.4 is 0 Å². The predicted molar refractivity (Wildman–Crippen MR) is 76.7 cm³/mol. The Kier molecular flexibility index (Phi) is 4.78. The molecule has 0 aliphatic heterocycles. The monoisotopic (exact) mass is 254 g/mol.